The molecule has 1 aliphatic carbocycles. The number of hydrogen-bond donors (Lipinski definition) is 1. The summed E-state index contributed by atoms with van der Waals surface area (Å²) in [5.41, 5.74) is 0.308. The molecule has 1 saturated carbocycles. The lowest BCUT2D eigenvalue weighted by Crippen LogP contribution is -2.29. The maximum atomic E-state index is 13.5. The second-order valence-corrected chi connectivity index (χ2v) is 11.0. The molecule has 1 heterocycles. The molecule has 1 N–H and O–H groups in total. The highest BCUT2D eigenvalue weighted by Gasteiger charge is 2.29. The van der Waals surface area contributed by atoms with Crippen LogP contribution in [0.3, 0.4) is 0 Å². The van der Waals surface area contributed by atoms with Crippen molar-refractivity contribution >= 4 is 9.84 Å². The topological polar surface area (TPSA) is 107 Å². The van der Waals surface area contributed by atoms with Crippen molar-refractivity contribution in [3.63, 3.8) is 0 Å². The molecule has 0 radical (unpaired) electrons. The first-order valence-electron chi connectivity index (χ1n) is 11.8. The van der Waals surface area contributed by atoms with Crippen LogP contribution in [0.15, 0.2) is 76.4 Å². The fourth-order valence-corrected chi connectivity index (χ4v) is 5.95. The van der Waals surface area contributed by atoms with Crippen LogP contribution in [0.25, 0.3) is 0 Å². The van der Waals surface area contributed by atoms with Crippen LogP contribution in [0.5, 0.6) is 5.75 Å². The Bertz CT molecular complexity index is 1330. The molecule has 9 heteroatoms. The molecule has 3 aromatic rings. The number of sulfone groups is 1. The normalized spacial score (nSPS) is 14.9. The number of nitrogens with zero attached hydrogens (tertiary/aromatic N) is 1. The first-order valence-corrected chi connectivity index (χ1v) is 13.5. The maximum Gasteiger partial charge on any atom is 0.330 e. The Hall–Kier alpha value is -3.17. The van der Waals surface area contributed by atoms with Crippen molar-refractivity contribution in [1.82, 2.24) is 9.55 Å². The summed E-state index contributed by atoms with van der Waals surface area (Å²) in [5.74, 6) is 1.18. The highest BCUT2D eigenvalue weighted by Crippen LogP contribution is 2.34. The van der Waals surface area contributed by atoms with E-state index in [4.69, 9.17) is 9.47 Å². The molecule has 35 heavy (non-hydrogen) atoms. The van der Waals surface area contributed by atoms with E-state index < -0.39 is 26.3 Å². The van der Waals surface area contributed by atoms with Crippen LogP contribution in [0.4, 0.5) is 0 Å². The molecule has 8 nitrogen and oxygen atoms in total. The number of benzene rings is 2. The van der Waals surface area contributed by atoms with Gasteiger partial charge in [0.25, 0.3) is 5.56 Å². The molecule has 0 bridgehead atoms. The molecule has 0 aliphatic heterocycles. The van der Waals surface area contributed by atoms with E-state index in [1.165, 1.54) is 36.1 Å². The van der Waals surface area contributed by atoms with Crippen molar-refractivity contribution in [2.75, 3.05) is 19.0 Å². The number of H-pyrrole nitrogens is 1. The number of nitrogens with one attached hydrogen (secondary N) is 1. The first kappa shape index (κ1) is 24.9. The number of aromatic nitrogens is 2. The van der Waals surface area contributed by atoms with Crippen molar-refractivity contribution in [3.05, 3.63) is 98.8 Å². The summed E-state index contributed by atoms with van der Waals surface area (Å²) < 4.78 is 39.6. The Labute approximate surface area is 204 Å². The van der Waals surface area contributed by atoms with Crippen LogP contribution in [0, 0.1) is 5.92 Å². The van der Waals surface area contributed by atoms with E-state index in [0.29, 0.717) is 29.4 Å². The summed E-state index contributed by atoms with van der Waals surface area (Å²) in [6, 6.07) is 17.7. The molecule has 1 unspecified atom stereocenters. The molecule has 0 spiro atoms. The molecular weight excluding hydrogens is 468 g/mol. The molecular formula is C26H30N2O6S. The van der Waals surface area contributed by atoms with Gasteiger partial charge in [0.15, 0.2) is 9.84 Å². The predicted octanol–water partition coefficient (Wildman–Crippen LogP) is 3.28. The summed E-state index contributed by atoms with van der Waals surface area (Å²) in [6.45, 7) is 0.733. The summed E-state index contributed by atoms with van der Waals surface area (Å²) in [5, 5.41) is -0.822. The minimum Gasteiger partial charge on any atom is -0.493 e. The Morgan fingerprint density at radius 3 is 2.49 bits per heavy atom. The van der Waals surface area contributed by atoms with Gasteiger partial charge in [0.1, 0.15) is 17.7 Å². The van der Waals surface area contributed by atoms with Crippen LogP contribution in [0.2, 0.25) is 0 Å². The second kappa shape index (κ2) is 11.5. The number of ether oxygens (including phenoxy) is 2. The van der Waals surface area contributed by atoms with E-state index in [-0.39, 0.29) is 25.5 Å². The van der Waals surface area contributed by atoms with Gasteiger partial charge >= 0.3 is 5.69 Å². The second-order valence-electron chi connectivity index (χ2n) is 8.81. The van der Waals surface area contributed by atoms with Crippen LogP contribution >= 0.6 is 0 Å². The van der Waals surface area contributed by atoms with Gasteiger partial charge in [-0.05, 0) is 48.4 Å². The van der Waals surface area contributed by atoms with Crippen LogP contribution in [-0.2, 0) is 21.3 Å². The molecule has 1 aromatic heterocycles. The zero-order chi connectivity index (χ0) is 24.7. The Morgan fingerprint density at radius 1 is 1.00 bits per heavy atom. The zero-order valence-electron chi connectivity index (χ0n) is 19.5. The minimum atomic E-state index is -3.58. The number of hydrogen-bond acceptors (Lipinski definition) is 6. The third kappa shape index (κ3) is 6.70. The van der Waals surface area contributed by atoms with E-state index in [2.05, 4.69) is 4.98 Å². The monoisotopic (exact) mass is 498 g/mol. The van der Waals surface area contributed by atoms with E-state index in [1.54, 1.807) is 0 Å². The van der Waals surface area contributed by atoms with Gasteiger partial charge < -0.3 is 9.47 Å². The molecule has 186 valence electrons. The Kier molecular flexibility index (Phi) is 8.20. The van der Waals surface area contributed by atoms with Gasteiger partial charge in [0, 0.05) is 18.9 Å². The average Bonchev–Trinajstić information content (AvgIpc) is 2.80. The van der Waals surface area contributed by atoms with Crippen molar-refractivity contribution in [2.45, 2.75) is 37.7 Å². The van der Waals surface area contributed by atoms with Gasteiger partial charge in [-0.2, -0.15) is 0 Å². The van der Waals surface area contributed by atoms with Gasteiger partial charge in [-0.3, -0.25) is 14.3 Å². The van der Waals surface area contributed by atoms with Crippen LogP contribution < -0.4 is 16.0 Å². The van der Waals surface area contributed by atoms with Gasteiger partial charge in [-0.25, -0.2) is 13.2 Å². The van der Waals surface area contributed by atoms with Gasteiger partial charge in [0.2, 0.25) is 0 Å². The van der Waals surface area contributed by atoms with Gasteiger partial charge in [-0.15, -0.1) is 0 Å². The lowest BCUT2D eigenvalue weighted by Gasteiger charge is -2.25. The number of aromatic amines is 1. The molecule has 4 rings (SSSR count). The highest BCUT2D eigenvalue weighted by atomic mass is 32.2. The van der Waals surface area contributed by atoms with Gasteiger partial charge in [0.05, 0.1) is 12.4 Å². The lowest BCUT2D eigenvalue weighted by atomic mass is 9.86. The third-order valence-corrected chi connectivity index (χ3v) is 8.30. The average molecular weight is 499 g/mol. The first-order chi connectivity index (χ1) is 16.9. The molecule has 1 atom stereocenters. The summed E-state index contributed by atoms with van der Waals surface area (Å²) in [4.78, 5) is 25.0. The maximum absolute atomic E-state index is 13.5. The number of rotatable bonds is 12. The summed E-state index contributed by atoms with van der Waals surface area (Å²) in [7, 11) is -3.58. The van der Waals surface area contributed by atoms with Crippen molar-refractivity contribution in [1.29, 1.82) is 0 Å². The lowest BCUT2D eigenvalue weighted by molar-refractivity contribution is 0.0745. The van der Waals surface area contributed by atoms with Crippen molar-refractivity contribution in [2.24, 2.45) is 5.92 Å². The van der Waals surface area contributed by atoms with Crippen molar-refractivity contribution in [3.8, 4) is 5.75 Å². The van der Waals surface area contributed by atoms with Crippen molar-refractivity contribution < 1.29 is 17.9 Å². The fraction of sp³-hybridized carbons (Fsp3) is 0.385. The van der Waals surface area contributed by atoms with Crippen LogP contribution in [-0.4, -0.2) is 36.9 Å². The Morgan fingerprint density at radius 2 is 1.77 bits per heavy atom. The van der Waals surface area contributed by atoms with Crippen LogP contribution in [0.1, 0.15) is 42.1 Å². The summed E-state index contributed by atoms with van der Waals surface area (Å²) in [6.07, 6.45) is 5.21. The predicted molar refractivity (Wildman–Crippen MR) is 133 cm³/mol. The molecule has 2 aromatic carbocycles. The quantitative estimate of drug-likeness (QED) is 0.384. The molecule has 0 saturated heterocycles. The van der Waals surface area contributed by atoms with E-state index in [9.17, 15) is 18.0 Å². The zero-order valence-corrected chi connectivity index (χ0v) is 20.3. The van der Waals surface area contributed by atoms with Gasteiger partial charge in [-0.1, -0.05) is 48.9 Å². The Balaban J connectivity index is 1.43. The smallest absolute Gasteiger partial charge is 0.330 e. The van der Waals surface area contributed by atoms with E-state index in [0.717, 1.165) is 0 Å². The highest BCUT2D eigenvalue weighted by molar-refractivity contribution is 7.91. The summed E-state index contributed by atoms with van der Waals surface area (Å²) >= 11 is 0. The molecule has 1 fully saturated rings. The third-order valence-electron chi connectivity index (χ3n) is 6.18. The minimum absolute atomic E-state index is 0.0713. The molecule has 0 amide bonds. The van der Waals surface area contributed by atoms with E-state index >= 15 is 0 Å². The van der Waals surface area contributed by atoms with E-state index in [1.807, 2.05) is 54.6 Å². The fourth-order valence-electron chi connectivity index (χ4n) is 4.06. The molecule has 1 aliphatic rings. The SMILES string of the molecule is O=c1ccn(COCCCS(=O)(=O)C(c2ccccc2)c2cccc(OCC3CCC3)c2)c(=O)[nH]1. The standard InChI is InChI=1S/C26H30N2O6S/c29-24-13-14-28(26(30)27-24)19-33-15-6-16-35(31,32)25(21-9-2-1-3-10-21)22-11-5-12-23(17-22)34-18-20-7-4-8-20/h1-3,5,9-14,17,20,25H,4,6-8,15-16,18-19H2,(H,27,29,30). The largest absolute Gasteiger partial charge is 0.493 e.